The van der Waals surface area contributed by atoms with Gasteiger partial charge in [0.25, 0.3) is 11.6 Å². The largest absolute Gasteiger partial charge is 0.460 e. The summed E-state index contributed by atoms with van der Waals surface area (Å²) in [6.07, 6.45) is 0. The molecule has 0 radical (unpaired) electrons. The van der Waals surface area contributed by atoms with Crippen molar-refractivity contribution in [3.8, 4) is 0 Å². The van der Waals surface area contributed by atoms with Gasteiger partial charge in [-0.3, -0.25) is 9.59 Å². The number of carbonyl (C=O) groups is 4. The molecule has 4 N–H and O–H groups in total. The molecule has 0 saturated heterocycles. The van der Waals surface area contributed by atoms with Gasteiger partial charge in [0.1, 0.15) is 0 Å². The minimum absolute atomic E-state index is 0.0706. The Kier molecular flexibility index (Phi) is 6.14. The molecule has 8 heteroatoms. The summed E-state index contributed by atoms with van der Waals surface area (Å²) >= 11 is 0. The van der Waals surface area contributed by atoms with Crippen molar-refractivity contribution in [3.05, 3.63) is 0 Å². The Hall–Kier alpha value is -1.80. The Morgan fingerprint density at radius 1 is 0.944 bits per heavy atom. The van der Waals surface area contributed by atoms with Gasteiger partial charge in [0, 0.05) is 6.54 Å². The molecule has 0 rings (SSSR count). The molecule has 0 aromatic heterocycles. The highest BCUT2D eigenvalue weighted by atomic mass is 16.5. The van der Waals surface area contributed by atoms with Gasteiger partial charge in [-0.1, -0.05) is 0 Å². The average Bonchev–Trinajstić information content (AvgIpc) is 2.36. The van der Waals surface area contributed by atoms with Crippen LogP contribution in [-0.4, -0.2) is 48.8 Å². The molecule has 0 bridgehead atoms. The number of esters is 2. The van der Waals surface area contributed by atoms with Gasteiger partial charge in [0.15, 0.2) is 5.54 Å². The van der Waals surface area contributed by atoms with E-state index in [0.29, 0.717) is 0 Å². The first-order chi connectivity index (χ1) is 8.34. The molecule has 0 aliphatic rings. The van der Waals surface area contributed by atoms with E-state index in [2.05, 4.69) is 9.47 Å². The molecular formula is C10H16N2O6. The van der Waals surface area contributed by atoms with Gasteiger partial charge in [-0.15, -0.1) is 0 Å². The van der Waals surface area contributed by atoms with Crippen LogP contribution in [0.3, 0.4) is 0 Å². The van der Waals surface area contributed by atoms with Crippen LogP contribution in [0.4, 0.5) is 0 Å². The van der Waals surface area contributed by atoms with Gasteiger partial charge in [-0.25, -0.2) is 9.59 Å². The Bertz CT molecular complexity index is 335. The molecule has 0 aliphatic carbocycles. The molecule has 0 saturated carbocycles. The second kappa shape index (κ2) is 6.82. The molecule has 0 amide bonds. The maximum absolute atomic E-state index is 11.6. The third kappa shape index (κ3) is 3.34. The van der Waals surface area contributed by atoms with Gasteiger partial charge >= 0.3 is 11.9 Å². The van der Waals surface area contributed by atoms with Gasteiger partial charge in [-0.05, 0) is 13.8 Å². The number of carbonyl (C=O) groups excluding carboxylic acids is 4. The van der Waals surface area contributed by atoms with Crippen molar-refractivity contribution in [3.63, 3.8) is 0 Å². The van der Waals surface area contributed by atoms with Crippen LogP contribution in [0.5, 0.6) is 0 Å². The molecular weight excluding hydrogens is 244 g/mol. The number of rotatable bonds is 7. The van der Waals surface area contributed by atoms with Crippen molar-refractivity contribution in [2.24, 2.45) is 11.5 Å². The summed E-state index contributed by atoms with van der Waals surface area (Å²) in [7, 11) is 0. The lowest BCUT2D eigenvalue weighted by molar-refractivity contribution is -0.162. The highest BCUT2D eigenvalue weighted by molar-refractivity contribution is 6.51. The van der Waals surface area contributed by atoms with Crippen molar-refractivity contribution in [1.29, 1.82) is 0 Å². The highest BCUT2D eigenvalue weighted by Gasteiger charge is 2.48. The quantitative estimate of drug-likeness (QED) is 0.301. The van der Waals surface area contributed by atoms with Crippen molar-refractivity contribution < 1.29 is 28.7 Å². The van der Waals surface area contributed by atoms with Gasteiger partial charge < -0.3 is 20.9 Å². The fourth-order valence-electron chi connectivity index (χ4n) is 1.05. The Labute approximate surface area is 104 Å². The summed E-state index contributed by atoms with van der Waals surface area (Å²) in [4.78, 5) is 45.7. The summed E-state index contributed by atoms with van der Waals surface area (Å²) in [5.74, 6) is -5.37. The Balaban J connectivity index is 5.11. The fraction of sp³-hybridized carbons (Fsp3) is 0.600. The second-order valence-electron chi connectivity index (χ2n) is 3.27. The normalized spacial score (nSPS) is 10.7. The van der Waals surface area contributed by atoms with Crippen molar-refractivity contribution in [2.75, 3.05) is 19.8 Å². The van der Waals surface area contributed by atoms with Gasteiger partial charge in [0.2, 0.25) is 0 Å². The summed E-state index contributed by atoms with van der Waals surface area (Å²) in [6.45, 7) is 2.10. The zero-order chi connectivity index (χ0) is 14.3. The molecule has 0 aromatic carbocycles. The van der Waals surface area contributed by atoms with Gasteiger partial charge in [-0.2, -0.15) is 0 Å². The van der Waals surface area contributed by atoms with E-state index in [4.69, 9.17) is 11.5 Å². The van der Waals surface area contributed by atoms with Crippen LogP contribution in [0.1, 0.15) is 13.8 Å². The monoisotopic (exact) mass is 260 g/mol. The second-order valence-corrected chi connectivity index (χ2v) is 3.27. The van der Waals surface area contributed by atoms with E-state index in [1.807, 2.05) is 0 Å². The summed E-state index contributed by atoms with van der Waals surface area (Å²) in [5.41, 5.74) is 8.17. The average molecular weight is 260 g/mol. The molecule has 0 heterocycles. The maximum atomic E-state index is 11.6. The van der Waals surface area contributed by atoms with Crippen LogP contribution in [-0.2, 0) is 28.7 Å². The number of ether oxygens (including phenoxy) is 2. The number of ketones is 2. The van der Waals surface area contributed by atoms with E-state index in [0.717, 1.165) is 0 Å². The first-order valence-electron chi connectivity index (χ1n) is 5.27. The van der Waals surface area contributed by atoms with E-state index < -0.39 is 35.6 Å². The van der Waals surface area contributed by atoms with Crippen LogP contribution in [0.15, 0.2) is 0 Å². The molecule has 0 fully saturated rings. The topological polar surface area (TPSA) is 139 Å². The Morgan fingerprint density at radius 3 is 1.50 bits per heavy atom. The molecule has 0 atom stereocenters. The number of hydrogen-bond donors (Lipinski definition) is 2. The molecule has 8 nitrogen and oxygen atoms in total. The molecule has 0 spiro atoms. The third-order valence-electron chi connectivity index (χ3n) is 2.05. The summed E-state index contributed by atoms with van der Waals surface area (Å²) < 4.78 is 8.83. The minimum Gasteiger partial charge on any atom is -0.460 e. The predicted molar refractivity (Wildman–Crippen MR) is 59.3 cm³/mol. The first kappa shape index (κ1) is 16.2. The number of nitrogens with two attached hydrogens (primary N) is 2. The predicted octanol–water partition coefficient (Wildman–Crippen LogP) is -2.09. The summed E-state index contributed by atoms with van der Waals surface area (Å²) in [5, 5.41) is 0. The van der Waals surface area contributed by atoms with E-state index in [-0.39, 0.29) is 13.2 Å². The van der Waals surface area contributed by atoms with Crippen LogP contribution < -0.4 is 11.5 Å². The van der Waals surface area contributed by atoms with Crippen LogP contribution >= 0.6 is 0 Å². The lowest BCUT2D eigenvalue weighted by atomic mass is 9.90. The van der Waals surface area contributed by atoms with Crippen molar-refractivity contribution in [1.82, 2.24) is 0 Å². The number of Topliss-reactive ketones (excluding diaryl/α,β-unsaturated/α-hetero) is 2. The maximum Gasteiger partial charge on any atom is 0.377 e. The smallest absolute Gasteiger partial charge is 0.377 e. The van der Waals surface area contributed by atoms with E-state index >= 15 is 0 Å². The van der Waals surface area contributed by atoms with E-state index in [1.54, 1.807) is 0 Å². The molecule has 0 aliphatic heterocycles. The standard InChI is InChI=1S/C10H16N2O6/c1-3-17-8(15)6(13)10(12,5-11)7(14)9(16)18-4-2/h3-5,11-12H2,1-2H3. The first-order valence-corrected chi connectivity index (χ1v) is 5.27. The van der Waals surface area contributed by atoms with Crippen LogP contribution in [0.25, 0.3) is 0 Å². The lowest BCUT2D eigenvalue weighted by Crippen LogP contribution is -2.64. The lowest BCUT2D eigenvalue weighted by Gasteiger charge is -2.21. The van der Waals surface area contributed by atoms with Crippen molar-refractivity contribution in [2.45, 2.75) is 19.4 Å². The van der Waals surface area contributed by atoms with Crippen LogP contribution in [0, 0.1) is 0 Å². The minimum atomic E-state index is -2.45. The molecule has 102 valence electrons. The zero-order valence-corrected chi connectivity index (χ0v) is 10.2. The Morgan fingerprint density at radius 2 is 1.28 bits per heavy atom. The summed E-state index contributed by atoms with van der Waals surface area (Å²) in [6, 6.07) is 0. The van der Waals surface area contributed by atoms with E-state index in [9.17, 15) is 19.2 Å². The molecule has 0 aromatic rings. The third-order valence-corrected chi connectivity index (χ3v) is 2.05. The van der Waals surface area contributed by atoms with Gasteiger partial charge in [0.05, 0.1) is 13.2 Å². The van der Waals surface area contributed by atoms with E-state index in [1.165, 1.54) is 13.8 Å². The van der Waals surface area contributed by atoms with Crippen LogP contribution in [0.2, 0.25) is 0 Å². The molecule has 0 unspecified atom stereocenters. The fourth-order valence-corrected chi connectivity index (χ4v) is 1.05. The zero-order valence-electron chi connectivity index (χ0n) is 10.2. The molecule has 18 heavy (non-hydrogen) atoms. The number of hydrogen-bond acceptors (Lipinski definition) is 8. The van der Waals surface area contributed by atoms with Crippen molar-refractivity contribution >= 4 is 23.5 Å². The SMILES string of the molecule is CCOC(=O)C(=O)C(N)(CN)C(=O)C(=O)OCC. The highest BCUT2D eigenvalue weighted by Crippen LogP contribution is 2.06.